The van der Waals surface area contributed by atoms with Crippen LogP contribution in [0.3, 0.4) is 0 Å². The van der Waals surface area contributed by atoms with Gasteiger partial charge < -0.3 is 20.7 Å². The number of hydroxylamine groups is 1. The van der Waals surface area contributed by atoms with Crippen LogP contribution in [0.1, 0.15) is 24.8 Å². The van der Waals surface area contributed by atoms with Crippen LogP contribution in [-0.2, 0) is 20.8 Å². The van der Waals surface area contributed by atoms with Crippen molar-refractivity contribution in [2.24, 2.45) is 5.92 Å². The number of Topliss-reactive ketones (excluding diaryl/α,β-unsaturated/α-hetero) is 1. The summed E-state index contributed by atoms with van der Waals surface area (Å²) in [5, 5.41) is 29.2. The van der Waals surface area contributed by atoms with Gasteiger partial charge in [0.25, 0.3) is 0 Å². The smallest absolute Gasteiger partial charge is 0.326 e. The van der Waals surface area contributed by atoms with Crippen LogP contribution in [-0.4, -0.2) is 52.3 Å². The number of carboxylic acid groups (broad SMARTS) is 1. The van der Waals surface area contributed by atoms with Crippen molar-refractivity contribution in [2.45, 2.75) is 31.7 Å². The third-order valence-electron chi connectivity index (χ3n) is 3.76. The van der Waals surface area contributed by atoms with E-state index < -0.39 is 36.2 Å². The Balaban J connectivity index is 2.78. The summed E-state index contributed by atoms with van der Waals surface area (Å²) >= 11 is 0. The molecule has 0 heterocycles. The number of hydrogen-bond acceptors (Lipinski definition) is 6. The molecule has 0 aliphatic rings. The fourth-order valence-electron chi connectivity index (χ4n) is 2.42. The second-order valence-corrected chi connectivity index (χ2v) is 5.66. The molecule has 0 aliphatic carbocycles. The Morgan fingerprint density at radius 2 is 1.76 bits per heavy atom. The Bertz CT molecular complexity index is 564. The molecule has 0 aliphatic heterocycles. The first kappa shape index (κ1) is 20.8. The largest absolute Gasteiger partial charge is 0.480 e. The number of aliphatic carboxylic acids is 1. The zero-order valence-corrected chi connectivity index (χ0v) is 13.9. The van der Waals surface area contributed by atoms with Gasteiger partial charge in [0, 0.05) is 13.0 Å². The fourth-order valence-corrected chi connectivity index (χ4v) is 2.42. The van der Waals surface area contributed by atoms with Crippen LogP contribution in [0.5, 0.6) is 0 Å². The van der Waals surface area contributed by atoms with Gasteiger partial charge >= 0.3 is 5.97 Å². The predicted octanol–water partition coefficient (Wildman–Crippen LogP) is 0.125. The van der Waals surface area contributed by atoms with Crippen LogP contribution in [0.15, 0.2) is 30.3 Å². The number of aliphatic hydroxyl groups is 1. The number of carboxylic acids is 1. The first-order valence-corrected chi connectivity index (χ1v) is 8.07. The topological polar surface area (TPSA) is 136 Å². The van der Waals surface area contributed by atoms with Crippen LogP contribution >= 0.6 is 0 Å². The van der Waals surface area contributed by atoms with Gasteiger partial charge in [-0.1, -0.05) is 30.3 Å². The van der Waals surface area contributed by atoms with Gasteiger partial charge in [0.15, 0.2) is 5.78 Å². The lowest BCUT2D eigenvalue weighted by Gasteiger charge is -2.19. The SMILES string of the molecule is O=C(O)C(Cc1ccccc1)NC(=O)[C@H](CCCCO)C(=O)CNO. The average Bonchev–Trinajstić information content (AvgIpc) is 2.59. The lowest BCUT2D eigenvalue weighted by molar-refractivity contribution is -0.144. The van der Waals surface area contributed by atoms with Crippen molar-refractivity contribution in [2.75, 3.05) is 13.2 Å². The van der Waals surface area contributed by atoms with Crippen LogP contribution in [0.4, 0.5) is 0 Å². The molecule has 25 heavy (non-hydrogen) atoms. The summed E-state index contributed by atoms with van der Waals surface area (Å²) in [6.07, 6.45) is 1.13. The van der Waals surface area contributed by atoms with Gasteiger partial charge in [-0.3, -0.25) is 9.59 Å². The Labute approximate surface area is 145 Å². The summed E-state index contributed by atoms with van der Waals surface area (Å²) in [5.41, 5.74) is 2.46. The predicted molar refractivity (Wildman–Crippen MR) is 88.9 cm³/mol. The molecule has 1 unspecified atom stereocenters. The molecule has 0 spiro atoms. The number of nitrogens with one attached hydrogen (secondary N) is 2. The van der Waals surface area contributed by atoms with Gasteiger partial charge in [0.1, 0.15) is 6.04 Å². The third kappa shape index (κ3) is 7.42. The Kier molecular flexibility index (Phi) is 9.38. The van der Waals surface area contributed by atoms with Crippen LogP contribution in [0.2, 0.25) is 0 Å². The van der Waals surface area contributed by atoms with Crippen molar-refractivity contribution in [3.05, 3.63) is 35.9 Å². The van der Waals surface area contributed by atoms with Crippen molar-refractivity contribution in [1.29, 1.82) is 0 Å². The number of amides is 1. The van der Waals surface area contributed by atoms with E-state index in [-0.39, 0.29) is 19.4 Å². The first-order chi connectivity index (χ1) is 12.0. The van der Waals surface area contributed by atoms with Crippen molar-refractivity contribution < 1.29 is 29.8 Å². The summed E-state index contributed by atoms with van der Waals surface area (Å²) in [7, 11) is 0. The molecule has 8 nitrogen and oxygen atoms in total. The van der Waals surface area contributed by atoms with E-state index in [2.05, 4.69) is 5.32 Å². The van der Waals surface area contributed by atoms with E-state index in [0.29, 0.717) is 12.8 Å². The van der Waals surface area contributed by atoms with Gasteiger partial charge in [-0.25, -0.2) is 4.79 Å². The van der Waals surface area contributed by atoms with E-state index in [1.54, 1.807) is 35.8 Å². The highest BCUT2D eigenvalue weighted by atomic mass is 16.5. The molecule has 8 heteroatoms. The number of unbranched alkanes of at least 4 members (excludes halogenated alkanes) is 1. The van der Waals surface area contributed by atoms with Crippen LogP contribution in [0, 0.1) is 5.92 Å². The molecule has 1 amide bonds. The molecule has 0 aromatic heterocycles. The minimum absolute atomic E-state index is 0.0630. The molecule has 1 aromatic carbocycles. The van der Waals surface area contributed by atoms with E-state index in [4.69, 9.17) is 10.3 Å². The quantitative estimate of drug-likeness (QED) is 0.205. The van der Waals surface area contributed by atoms with Crippen molar-refractivity contribution >= 4 is 17.7 Å². The molecule has 1 rings (SSSR count). The summed E-state index contributed by atoms with van der Waals surface area (Å²) in [6.45, 7) is -0.472. The monoisotopic (exact) mass is 352 g/mol. The number of hydrogen-bond donors (Lipinski definition) is 5. The van der Waals surface area contributed by atoms with Crippen LogP contribution < -0.4 is 10.8 Å². The number of aliphatic hydroxyl groups excluding tert-OH is 1. The lowest BCUT2D eigenvalue weighted by atomic mass is 9.95. The summed E-state index contributed by atoms with van der Waals surface area (Å²) in [5.74, 6) is -3.51. The number of carbonyl (C=O) groups is 3. The van der Waals surface area contributed by atoms with E-state index in [9.17, 15) is 19.5 Å². The van der Waals surface area contributed by atoms with Crippen molar-refractivity contribution in [1.82, 2.24) is 10.8 Å². The average molecular weight is 352 g/mol. The van der Waals surface area contributed by atoms with Gasteiger partial charge in [-0.05, 0) is 24.8 Å². The van der Waals surface area contributed by atoms with Gasteiger partial charge in [0.2, 0.25) is 5.91 Å². The maximum absolute atomic E-state index is 12.4. The van der Waals surface area contributed by atoms with Crippen molar-refractivity contribution in [3.63, 3.8) is 0 Å². The standard InChI is InChI=1S/C17H24N2O6/c20-9-5-4-8-13(15(21)11-18-25)16(22)19-14(17(23)24)10-12-6-2-1-3-7-12/h1-3,6-7,13-14,18,20,25H,4-5,8-11H2,(H,19,22)(H,23,24)/t13-,14?/m1/s1. The number of rotatable bonds is 12. The highest BCUT2D eigenvalue weighted by Gasteiger charge is 2.29. The zero-order chi connectivity index (χ0) is 18.7. The Morgan fingerprint density at radius 1 is 1.08 bits per heavy atom. The minimum atomic E-state index is -1.20. The Morgan fingerprint density at radius 3 is 2.32 bits per heavy atom. The molecular formula is C17H24N2O6. The van der Waals surface area contributed by atoms with Gasteiger partial charge in [0.05, 0.1) is 12.5 Å². The molecular weight excluding hydrogens is 328 g/mol. The maximum atomic E-state index is 12.4. The highest BCUT2D eigenvalue weighted by Crippen LogP contribution is 2.12. The third-order valence-corrected chi connectivity index (χ3v) is 3.76. The minimum Gasteiger partial charge on any atom is -0.480 e. The van der Waals surface area contributed by atoms with E-state index >= 15 is 0 Å². The number of carbonyl (C=O) groups excluding carboxylic acids is 2. The Hall–Kier alpha value is -2.29. The summed E-state index contributed by atoms with van der Waals surface area (Å²) < 4.78 is 0. The molecule has 5 N–H and O–H groups in total. The number of ketones is 1. The number of benzene rings is 1. The zero-order valence-electron chi connectivity index (χ0n) is 13.9. The summed E-state index contributed by atoms with van der Waals surface area (Å²) in [6, 6.07) is 7.68. The molecule has 0 radical (unpaired) electrons. The normalized spacial score (nSPS) is 13.0. The molecule has 0 bridgehead atoms. The molecule has 1 aromatic rings. The van der Waals surface area contributed by atoms with E-state index in [1.807, 2.05) is 0 Å². The molecule has 0 saturated heterocycles. The second kappa shape index (κ2) is 11.3. The first-order valence-electron chi connectivity index (χ1n) is 8.07. The fraction of sp³-hybridized carbons (Fsp3) is 0.471. The lowest BCUT2D eigenvalue weighted by Crippen LogP contribution is -2.47. The van der Waals surface area contributed by atoms with Gasteiger partial charge in [-0.2, -0.15) is 5.48 Å². The van der Waals surface area contributed by atoms with E-state index in [1.165, 1.54) is 0 Å². The van der Waals surface area contributed by atoms with Crippen LogP contribution in [0.25, 0.3) is 0 Å². The maximum Gasteiger partial charge on any atom is 0.326 e. The second-order valence-electron chi connectivity index (χ2n) is 5.66. The molecule has 2 atom stereocenters. The highest BCUT2D eigenvalue weighted by molar-refractivity contribution is 6.03. The molecule has 138 valence electrons. The molecule has 0 fully saturated rings. The van der Waals surface area contributed by atoms with Gasteiger partial charge in [-0.15, -0.1) is 0 Å². The molecule has 0 saturated carbocycles. The van der Waals surface area contributed by atoms with E-state index in [0.717, 1.165) is 5.56 Å². The summed E-state index contributed by atoms with van der Waals surface area (Å²) in [4.78, 5) is 35.8. The van der Waals surface area contributed by atoms with Crippen molar-refractivity contribution in [3.8, 4) is 0 Å².